The van der Waals surface area contributed by atoms with Gasteiger partial charge in [0.15, 0.2) is 0 Å². The molecule has 0 aromatic rings. The number of nitrogens with one attached hydrogen (secondary N) is 1. The molecule has 0 aliphatic heterocycles. The molecule has 0 bridgehead atoms. The van der Waals surface area contributed by atoms with Crippen LogP contribution in [0.4, 0.5) is 0 Å². The van der Waals surface area contributed by atoms with E-state index in [9.17, 15) is 19.2 Å². The second-order valence-electron chi connectivity index (χ2n) is 1.90. The predicted molar refractivity (Wildman–Crippen MR) is 39.0 cm³/mol. The van der Waals surface area contributed by atoms with E-state index in [1.54, 1.807) is 6.92 Å². The summed E-state index contributed by atoms with van der Waals surface area (Å²) in [5, 5.41) is 2.07. The Bertz CT molecular complexity index is 260. The van der Waals surface area contributed by atoms with Crippen LogP contribution in [0.5, 0.6) is 0 Å². The summed E-state index contributed by atoms with van der Waals surface area (Å²) in [6.45, 7) is 1.78. The van der Waals surface area contributed by atoms with Gasteiger partial charge in [0.2, 0.25) is 0 Å². The Morgan fingerprint density at radius 2 is 1.77 bits per heavy atom. The van der Waals surface area contributed by atoms with Crippen LogP contribution in [-0.4, -0.2) is 30.3 Å². The van der Waals surface area contributed by atoms with Crippen LogP contribution in [0.2, 0.25) is 0 Å². The highest BCUT2D eigenvalue weighted by atomic mass is 16.6. The quantitative estimate of drug-likeness (QED) is 0.272. The number of ether oxygens (including phenoxy) is 1. The molecule has 0 aromatic carbocycles. The topological polar surface area (TPSA) is 116 Å². The summed E-state index contributed by atoms with van der Waals surface area (Å²) in [5.74, 6) is -5.54. The molecule has 0 saturated carbocycles. The first-order valence-electron chi connectivity index (χ1n) is 3.32. The number of amides is 2. The molecule has 0 unspecified atom stereocenters. The summed E-state index contributed by atoms with van der Waals surface area (Å²) in [6, 6.07) is 0. The average Bonchev–Trinajstić information content (AvgIpc) is 2.04. The maximum atomic E-state index is 10.6. The van der Waals surface area contributed by atoms with Gasteiger partial charge in [-0.2, -0.15) is 0 Å². The Labute approximate surface area is 73.2 Å². The van der Waals surface area contributed by atoms with Crippen molar-refractivity contribution in [3.63, 3.8) is 0 Å². The molecule has 0 aliphatic rings. The number of carbonyl (C=O) groups excluding carboxylic acids is 4. The second-order valence-corrected chi connectivity index (χ2v) is 1.90. The lowest BCUT2D eigenvalue weighted by Crippen LogP contribution is -2.36. The molecule has 0 fully saturated rings. The monoisotopic (exact) mass is 188 g/mol. The van der Waals surface area contributed by atoms with Gasteiger partial charge in [-0.25, -0.2) is 9.59 Å². The van der Waals surface area contributed by atoms with Crippen LogP contribution in [0.15, 0.2) is 0 Å². The van der Waals surface area contributed by atoms with E-state index in [1.165, 1.54) is 0 Å². The third-order valence-corrected chi connectivity index (χ3v) is 0.909. The van der Waals surface area contributed by atoms with Crippen molar-refractivity contribution in [2.24, 2.45) is 5.73 Å². The van der Waals surface area contributed by atoms with E-state index in [4.69, 9.17) is 0 Å². The van der Waals surface area contributed by atoms with Gasteiger partial charge in [-0.3, -0.25) is 9.59 Å². The first-order valence-corrected chi connectivity index (χ1v) is 3.32. The number of rotatable bonds is 1. The zero-order chi connectivity index (χ0) is 10.4. The lowest BCUT2D eigenvalue weighted by Gasteiger charge is -1.99. The van der Waals surface area contributed by atoms with Crippen molar-refractivity contribution < 1.29 is 23.9 Å². The third-order valence-electron chi connectivity index (χ3n) is 0.909. The highest BCUT2D eigenvalue weighted by molar-refractivity contribution is 6.40. The fourth-order valence-corrected chi connectivity index (χ4v) is 0.414. The van der Waals surface area contributed by atoms with E-state index in [0.29, 0.717) is 0 Å². The normalized spacial score (nSPS) is 8.69. The molecule has 0 radical (unpaired) electrons. The van der Waals surface area contributed by atoms with Crippen molar-refractivity contribution in [2.45, 2.75) is 6.92 Å². The molecule has 0 aromatic heterocycles. The van der Waals surface area contributed by atoms with Crippen LogP contribution in [0.25, 0.3) is 0 Å². The van der Waals surface area contributed by atoms with Gasteiger partial charge in [0, 0.05) is 6.54 Å². The van der Waals surface area contributed by atoms with Crippen LogP contribution >= 0.6 is 0 Å². The minimum Gasteiger partial charge on any atom is -0.378 e. The van der Waals surface area contributed by atoms with E-state index in [1.807, 2.05) is 0 Å². The van der Waals surface area contributed by atoms with Crippen molar-refractivity contribution in [1.29, 1.82) is 0 Å². The van der Waals surface area contributed by atoms with Gasteiger partial charge in [0.05, 0.1) is 0 Å². The van der Waals surface area contributed by atoms with Gasteiger partial charge >= 0.3 is 23.8 Å². The lowest BCUT2D eigenvalue weighted by atomic mass is 10.5. The van der Waals surface area contributed by atoms with Gasteiger partial charge in [0.1, 0.15) is 0 Å². The first kappa shape index (κ1) is 11.1. The summed E-state index contributed by atoms with van der Waals surface area (Å²) in [4.78, 5) is 41.6. The van der Waals surface area contributed by atoms with E-state index in [-0.39, 0.29) is 6.54 Å². The Kier molecular flexibility index (Phi) is 4.14. The van der Waals surface area contributed by atoms with Gasteiger partial charge < -0.3 is 15.8 Å². The predicted octanol–water partition coefficient (Wildman–Crippen LogP) is -2.32. The molecule has 0 spiro atoms. The van der Waals surface area contributed by atoms with Crippen LogP contribution in [0.1, 0.15) is 6.92 Å². The smallest absolute Gasteiger partial charge is 0.378 e. The van der Waals surface area contributed by atoms with Crippen LogP contribution in [-0.2, 0) is 23.9 Å². The Hall–Kier alpha value is -1.92. The minimum atomic E-state index is -1.56. The Morgan fingerprint density at radius 1 is 1.23 bits per heavy atom. The summed E-state index contributed by atoms with van der Waals surface area (Å²) < 4.78 is 3.76. The zero-order valence-corrected chi connectivity index (χ0v) is 6.83. The molecule has 13 heavy (non-hydrogen) atoms. The summed E-state index contributed by atoms with van der Waals surface area (Å²) in [6.07, 6.45) is 0. The third kappa shape index (κ3) is 3.85. The number of hydrogen-bond donors (Lipinski definition) is 2. The number of carbonyl (C=O) groups is 4. The van der Waals surface area contributed by atoms with Gasteiger partial charge in [-0.15, -0.1) is 0 Å². The van der Waals surface area contributed by atoms with E-state index < -0.39 is 23.8 Å². The Balaban J connectivity index is 4.08. The van der Waals surface area contributed by atoms with Crippen LogP contribution in [0, 0.1) is 0 Å². The van der Waals surface area contributed by atoms with E-state index >= 15 is 0 Å². The highest BCUT2D eigenvalue weighted by Crippen LogP contribution is 1.80. The minimum absolute atomic E-state index is 0.207. The average molecular weight is 188 g/mol. The molecular weight excluding hydrogens is 180 g/mol. The molecule has 72 valence electrons. The number of nitrogens with two attached hydrogens (primary N) is 1. The SMILES string of the molecule is CCNC(=O)C(=O)OC(=O)C(N)=O. The van der Waals surface area contributed by atoms with Crippen molar-refractivity contribution >= 4 is 23.8 Å². The van der Waals surface area contributed by atoms with E-state index in [0.717, 1.165) is 0 Å². The number of hydrogen-bond acceptors (Lipinski definition) is 5. The summed E-state index contributed by atoms with van der Waals surface area (Å²) in [7, 11) is 0. The van der Waals surface area contributed by atoms with Crippen molar-refractivity contribution in [3.8, 4) is 0 Å². The van der Waals surface area contributed by atoms with E-state index in [2.05, 4.69) is 15.8 Å². The molecule has 0 aliphatic carbocycles. The van der Waals surface area contributed by atoms with Gasteiger partial charge in [-0.1, -0.05) is 0 Å². The largest absolute Gasteiger partial charge is 0.404 e. The summed E-state index contributed by atoms with van der Waals surface area (Å²) in [5.41, 5.74) is 4.46. The molecule has 7 nitrogen and oxygen atoms in total. The molecule has 0 saturated heterocycles. The first-order chi connectivity index (χ1) is 5.99. The maximum Gasteiger partial charge on any atom is 0.404 e. The standard InChI is InChI=1S/C6H8N2O5/c1-2-8-4(10)6(12)13-5(11)3(7)9/h2H2,1H3,(H2,7,9)(H,8,10). The maximum absolute atomic E-state index is 10.6. The molecular formula is C6H8N2O5. The fraction of sp³-hybridized carbons (Fsp3) is 0.333. The van der Waals surface area contributed by atoms with Crippen molar-refractivity contribution in [3.05, 3.63) is 0 Å². The van der Waals surface area contributed by atoms with Crippen LogP contribution < -0.4 is 11.1 Å². The highest BCUT2D eigenvalue weighted by Gasteiger charge is 2.21. The fourth-order valence-electron chi connectivity index (χ4n) is 0.414. The molecule has 0 rings (SSSR count). The second kappa shape index (κ2) is 4.86. The molecule has 0 heterocycles. The molecule has 2 amide bonds. The molecule has 7 heteroatoms. The summed E-state index contributed by atoms with van der Waals surface area (Å²) >= 11 is 0. The Morgan fingerprint density at radius 3 is 2.15 bits per heavy atom. The zero-order valence-electron chi connectivity index (χ0n) is 6.83. The number of esters is 2. The molecule has 3 N–H and O–H groups in total. The van der Waals surface area contributed by atoms with Crippen molar-refractivity contribution in [2.75, 3.05) is 6.54 Å². The van der Waals surface area contributed by atoms with Gasteiger partial charge in [-0.05, 0) is 6.92 Å². The van der Waals surface area contributed by atoms with Crippen LogP contribution in [0.3, 0.4) is 0 Å². The lowest BCUT2D eigenvalue weighted by molar-refractivity contribution is -0.167. The number of likely N-dealkylation sites (N-methyl/N-ethyl adjacent to an activating group) is 1. The van der Waals surface area contributed by atoms with Gasteiger partial charge in [0.25, 0.3) is 0 Å². The van der Waals surface area contributed by atoms with Crippen molar-refractivity contribution in [1.82, 2.24) is 5.32 Å². The number of primary amides is 1. The molecule has 0 atom stereocenters.